The monoisotopic (exact) mass is 426 g/mol. The van der Waals surface area contributed by atoms with Crippen molar-refractivity contribution in [1.82, 2.24) is 15.1 Å². The Morgan fingerprint density at radius 1 is 1.10 bits per heavy atom. The number of piperidine rings is 1. The van der Waals surface area contributed by atoms with E-state index >= 15 is 0 Å². The molecule has 0 atom stereocenters. The van der Waals surface area contributed by atoms with Crippen molar-refractivity contribution < 1.29 is 18.0 Å². The predicted molar refractivity (Wildman–Crippen MR) is 113 cm³/mol. The van der Waals surface area contributed by atoms with Gasteiger partial charge in [-0.1, -0.05) is 24.3 Å². The Kier molecular flexibility index (Phi) is 6.25. The molecule has 0 unspecified atom stereocenters. The van der Waals surface area contributed by atoms with Crippen LogP contribution in [-0.2, 0) is 6.54 Å². The molecule has 2 heterocycles. The second-order valence-electron chi connectivity index (χ2n) is 7.70. The third-order valence-corrected chi connectivity index (χ3v) is 5.34. The van der Waals surface area contributed by atoms with Crippen molar-refractivity contribution in [2.24, 2.45) is 0 Å². The van der Waals surface area contributed by atoms with Gasteiger partial charge in [-0.05, 0) is 61.6 Å². The number of amides is 2. The average molecular weight is 426 g/mol. The van der Waals surface area contributed by atoms with Crippen molar-refractivity contribution in [1.29, 1.82) is 0 Å². The summed E-state index contributed by atoms with van der Waals surface area (Å²) in [4.78, 5) is 17.0. The van der Waals surface area contributed by atoms with Gasteiger partial charge in [0.2, 0.25) is 5.89 Å². The molecular weight excluding hydrogens is 402 g/mol. The number of halogens is 2. The van der Waals surface area contributed by atoms with Crippen LogP contribution in [0.1, 0.15) is 42.7 Å². The summed E-state index contributed by atoms with van der Waals surface area (Å²) in [6.45, 7) is 3.93. The molecule has 6 nitrogen and oxygen atoms in total. The molecule has 162 valence electrons. The van der Waals surface area contributed by atoms with Gasteiger partial charge in [0.1, 0.15) is 0 Å². The summed E-state index contributed by atoms with van der Waals surface area (Å²) in [5.41, 5.74) is 3.38. The Morgan fingerprint density at radius 3 is 2.48 bits per heavy atom. The van der Waals surface area contributed by atoms with E-state index in [1.807, 2.05) is 48.2 Å². The second kappa shape index (κ2) is 9.24. The highest BCUT2D eigenvalue weighted by Gasteiger charge is 2.24. The highest BCUT2D eigenvalue weighted by atomic mass is 19.3. The fraction of sp³-hybridized carbons (Fsp3) is 0.348. The minimum absolute atomic E-state index is 0.00662. The fourth-order valence-corrected chi connectivity index (χ4v) is 3.70. The first-order valence-corrected chi connectivity index (χ1v) is 10.4. The average Bonchev–Trinajstić information content (AvgIpc) is 3.29. The van der Waals surface area contributed by atoms with Crippen LogP contribution in [0.3, 0.4) is 0 Å². The van der Waals surface area contributed by atoms with Gasteiger partial charge in [-0.3, -0.25) is 4.90 Å². The summed E-state index contributed by atoms with van der Waals surface area (Å²) >= 11 is 0. The van der Waals surface area contributed by atoms with Crippen molar-refractivity contribution in [2.75, 3.05) is 18.0 Å². The van der Waals surface area contributed by atoms with Gasteiger partial charge in [-0.25, -0.2) is 4.79 Å². The number of carbonyl (C=O) groups is 1. The van der Waals surface area contributed by atoms with Gasteiger partial charge in [0.05, 0.1) is 6.54 Å². The van der Waals surface area contributed by atoms with Gasteiger partial charge in [-0.15, -0.1) is 10.2 Å². The molecule has 2 aromatic carbocycles. The van der Waals surface area contributed by atoms with E-state index in [2.05, 4.69) is 10.2 Å². The quantitative estimate of drug-likeness (QED) is 0.533. The van der Waals surface area contributed by atoms with E-state index in [1.165, 1.54) is 0 Å². The zero-order valence-corrected chi connectivity index (χ0v) is 17.3. The highest BCUT2D eigenvalue weighted by molar-refractivity contribution is 5.92. The number of likely N-dealkylation sites (tertiary alicyclic amines) is 1. The van der Waals surface area contributed by atoms with Crippen LogP contribution in [0, 0.1) is 6.92 Å². The van der Waals surface area contributed by atoms with Crippen molar-refractivity contribution in [3.63, 3.8) is 0 Å². The molecule has 8 heteroatoms. The van der Waals surface area contributed by atoms with Crippen LogP contribution in [-0.4, -0.2) is 34.2 Å². The van der Waals surface area contributed by atoms with Gasteiger partial charge in [-0.2, -0.15) is 8.78 Å². The number of aryl methyl sites for hydroxylation is 1. The normalized spacial score (nSPS) is 14.1. The van der Waals surface area contributed by atoms with E-state index < -0.39 is 12.3 Å². The number of carbonyl (C=O) groups excluding carboxylic acids is 1. The lowest BCUT2D eigenvalue weighted by molar-refractivity contribution is 0.116. The first-order chi connectivity index (χ1) is 15.0. The molecule has 1 saturated heterocycles. The van der Waals surface area contributed by atoms with Gasteiger partial charge in [0.25, 0.3) is 5.89 Å². The zero-order chi connectivity index (χ0) is 21.8. The summed E-state index contributed by atoms with van der Waals surface area (Å²) in [6.07, 6.45) is 0.391. The maximum Gasteiger partial charge on any atom is 0.324 e. The Morgan fingerprint density at radius 2 is 1.84 bits per heavy atom. The van der Waals surface area contributed by atoms with Crippen LogP contribution in [0.2, 0.25) is 0 Å². The maximum absolute atomic E-state index is 13.3. The van der Waals surface area contributed by atoms with E-state index in [4.69, 9.17) is 4.42 Å². The van der Waals surface area contributed by atoms with E-state index in [9.17, 15) is 13.6 Å². The molecule has 0 saturated carbocycles. The Bertz CT molecular complexity index is 1030. The molecule has 0 bridgehead atoms. The first-order valence-electron chi connectivity index (χ1n) is 10.4. The number of hydrogen-bond acceptors (Lipinski definition) is 4. The van der Waals surface area contributed by atoms with Crippen molar-refractivity contribution in [3.05, 3.63) is 65.5 Å². The van der Waals surface area contributed by atoms with E-state index in [1.54, 1.807) is 17.0 Å². The molecule has 1 aromatic heterocycles. The molecule has 31 heavy (non-hydrogen) atoms. The Labute approximate surface area is 179 Å². The summed E-state index contributed by atoms with van der Waals surface area (Å²) in [5.74, 6) is -0.654. The van der Waals surface area contributed by atoms with E-state index in [0.717, 1.165) is 49.2 Å². The maximum atomic E-state index is 13.3. The molecule has 4 rings (SSSR count). The molecule has 0 aliphatic carbocycles. The minimum Gasteiger partial charge on any atom is -0.415 e. The number of nitrogens with zero attached hydrogens (tertiary/aromatic N) is 4. The number of urea groups is 1. The Balaban J connectivity index is 1.56. The van der Waals surface area contributed by atoms with Crippen molar-refractivity contribution >= 4 is 11.7 Å². The first kappa shape index (κ1) is 21.0. The lowest BCUT2D eigenvalue weighted by atomic mass is 10.1. The van der Waals surface area contributed by atoms with E-state index in [0.29, 0.717) is 12.1 Å². The molecule has 0 spiro atoms. The molecule has 1 fully saturated rings. The lowest BCUT2D eigenvalue weighted by Gasteiger charge is -2.33. The predicted octanol–water partition coefficient (Wildman–Crippen LogP) is 5.60. The topological polar surface area (TPSA) is 62.5 Å². The number of hydrogen-bond donors (Lipinski definition) is 0. The number of anilines is 1. The summed E-state index contributed by atoms with van der Waals surface area (Å²) < 4.78 is 30.4. The van der Waals surface area contributed by atoms with E-state index in [-0.39, 0.29) is 11.9 Å². The molecule has 3 aromatic rings. The number of benzene rings is 2. The van der Waals surface area contributed by atoms with Crippen LogP contribution in [0.15, 0.2) is 52.9 Å². The van der Waals surface area contributed by atoms with Crippen LogP contribution in [0.25, 0.3) is 11.5 Å². The standard InChI is InChI=1S/C23H24F2N4O2/c1-16-6-5-7-19(14-16)29(23(30)28-12-3-2-4-13-28)15-17-8-10-18(11-9-17)21-26-27-22(31-21)20(24)25/h5-11,14,20H,2-4,12-13,15H2,1H3. The van der Waals surface area contributed by atoms with Gasteiger partial charge in [0.15, 0.2) is 0 Å². The minimum atomic E-state index is -2.80. The van der Waals surface area contributed by atoms with Crippen LogP contribution >= 0.6 is 0 Å². The smallest absolute Gasteiger partial charge is 0.324 e. The molecule has 2 amide bonds. The van der Waals surface area contributed by atoms with Gasteiger partial charge >= 0.3 is 12.5 Å². The number of aromatic nitrogens is 2. The lowest BCUT2D eigenvalue weighted by Crippen LogP contribution is -2.45. The number of rotatable bonds is 5. The SMILES string of the molecule is Cc1cccc(N(Cc2ccc(-c3nnc(C(F)F)o3)cc2)C(=O)N2CCCCC2)c1. The van der Waals surface area contributed by atoms with Crippen LogP contribution in [0.5, 0.6) is 0 Å². The summed E-state index contributed by atoms with van der Waals surface area (Å²) in [6, 6.07) is 15.0. The molecule has 0 N–H and O–H groups in total. The second-order valence-corrected chi connectivity index (χ2v) is 7.70. The summed E-state index contributed by atoms with van der Waals surface area (Å²) in [5, 5.41) is 7.04. The largest absolute Gasteiger partial charge is 0.415 e. The molecule has 0 radical (unpaired) electrons. The molecule has 1 aliphatic heterocycles. The zero-order valence-electron chi connectivity index (χ0n) is 17.3. The molecular formula is C23H24F2N4O2. The van der Waals surface area contributed by atoms with Crippen molar-refractivity contribution in [3.8, 4) is 11.5 Å². The third kappa shape index (κ3) is 4.90. The van der Waals surface area contributed by atoms with Crippen LogP contribution in [0.4, 0.5) is 19.3 Å². The fourth-order valence-electron chi connectivity index (χ4n) is 3.70. The number of alkyl halides is 2. The Hall–Kier alpha value is -3.29. The van der Waals surface area contributed by atoms with Gasteiger partial charge in [0, 0.05) is 24.3 Å². The summed E-state index contributed by atoms with van der Waals surface area (Å²) in [7, 11) is 0. The van der Waals surface area contributed by atoms with Crippen molar-refractivity contribution in [2.45, 2.75) is 39.2 Å². The highest BCUT2D eigenvalue weighted by Crippen LogP contribution is 2.26. The van der Waals surface area contributed by atoms with Crippen LogP contribution < -0.4 is 4.90 Å². The van der Waals surface area contributed by atoms with Gasteiger partial charge < -0.3 is 9.32 Å². The molecule has 1 aliphatic rings. The third-order valence-electron chi connectivity index (χ3n) is 5.34.